The van der Waals surface area contributed by atoms with E-state index in [1.165, 1.54) is 25.7 Å². The van der Waals surface area contributed by atoms with Crippen LogP contribution in [0.1, 0.15) is 32.6 Å². The van der Waals surface area contributed by atoms with Gasteiger partial charge in [-0.15, -0.1) is 0 Å². The molecule has 1 aliphatic carbocycles. The predicted molar refractivity (Wildman–Crippen MR) is 71.1 cm³/mol. The van der Waals surface area contributed by atoms with E-state index in [0.717, 1.165) is 12.5 Å². The zero-order chi connectivity index (χ0) is 12.3. The zero-order valence-corrected chi connectivity index (χ0v) is 10.9. The smallest absolute Gasteiger partial charge is 0.224 e. The van der Waals surface area contributed by atoms with E-state index in [9.17, 15) is 0 Å². The van der Waals surface area contributed by atoms with Crippen LogP contribution in [0.15, 0.2) is 6.20 Å². The second kappa shape index (κ2) is 5.54. The Kier molecular flexibility index (Phi) is 4.05. The summed E-state index contributed by atoms with van der Waals surface area (Å²) in [4.78, 5) is 7.93. The van der Waals surface area contributed by atoms with Crippen molar-refractivity contribution in [3.05, 3.63) is 11.5 Å². The Hall–Kier alpha value is -1.03. The molecule has 2 rings (SSSR count). The summed E-state index contributed by atoms with van der Waals surface area (Å²) in [6.07, 6.45) is 6.80. The second-order valence-corrected chi connectivity index (χ2v) is 5.30. The summed E-state index contributed by atoms with van der Waals surface area (Å²) in [6.45, 7) is 3.24. The van der Waals surface area contributed by atoms with Crippen LogP contribution in [0.25, 0.3) is 0 Å². The fourth-order valence-corrected chi connectivity index (χ4v) is 2.63. The number of halogens is 1. The van der Waals surface area contributed by atoms with Gasteiger partial charge < -0.3 is 11.1 Å². The molecular weight excluding hydrogens is 236 g/mol. The van der Waals surface area contributed by atoms with Crippen LogP contribution in [0.2, 0.25) is 5.28 Å². The van der Waals surface area contributed by atoms with Crippen LogP contribution in [-0.4, -0.2) is 16.5 Å². The minimum Gasteiger partial charge on any atom is -0.394 e. The van der Waals surface area contributed by atoms with Gasteiger partial charge in [0, 0.05) is 6.54 Å². The number of aromatic nitrogens is 2. The van der Waals surface area contributed by atoms with Crippen molar-refractivity contribution in [2.45, 2.75) is 32.6 Å². The highest BCUT2D eigenvalue weighted by Gasteiger charge is 2.18. The largest absolute Gasteiger partial charge is 0.394 e. The minimum absolute atomic E-state index is 0.235. The molecule has 0 bridgehead atoms. The van der Waals surface area contributed by atoms with E-state index in [1.54, 1.807) is 6.20 Å². The molecule has 1 aliphatic rings. The quantitative estimate of drug-likeness (QED) is 0.814. The third-order valence-electron chi connectivity index (χ3n) is 3.39. The van der Waals surface area contributed by atoms with E-state index in [-0.39, 0.29) is 5.28 Å². The first-order valence-corrected chi connectivity index (χ1v) is 6.55. The van der Waals surface area contributed by atoms with Crippen LogP contribution >= 0.6 is 11.6 Å². The Morgan fingerprint density at radius 3 is 3.12 bits per heavy atom. The van der Waals surface area contributed by atoms with E-state index in [1.807, 2.05) is 0 Å². The summed E-state index contributed by atoms with van der Waals surface area (Å²) in [5.41, 5.74) is 6.34. The van der Waals surface area contributed by atoms with Gasteiger partial charge in [0.1, 0.15) is 0 Å². The number of nitrogen functional groups attached to an aromatic ring is 1. The summed E-state index contributed by atoms with van der Waals surface area (Å²) < 4.78 is 0. The van der Waals surface area contributed by atoms with Crippen molar-refractivity contribution >= 4 is 23.1 Å². The molecular formula is C12H19ClN4. The lowest BCUT2D eigenvalue weighted by Gasteiger charge is -2.27. The first-order chi connectivity index (χ1) is 8.15. The second-order valence-electron chi connectivity index (χ2n) is 4.96. The molecule has 1 heterocycles. The third kappa shape index (κ3) is 3.46. The fourth-order valence-electron chi connectivity index (χ4n) is 2.50. The molecule has 17 heavy (non-hydrogen) atoms. The van der Waals surface area contributed by atoms with E-state index >= 15 is 0 Å². The molecule has 0 aliphatic heterocycles. The van der Waals surface area contributed by atoms with E-state index in [0.29, 0.717) is 17.4 Å². The van der Waals surface area contributed by atoms with Gasteiger partial charge in [-0.1, -0.05) is 19.8 Å². The van der Waals surface area contributed by atoms with Crippen LogP contribution < -0.4 is 11.1 Å². The average molecular weight is 255 g/mol. The molecule has 1 aromatic rings. The highest BCUT2D eigenvalue weighted by atomic mass is 35.5. The SMILES string of the molecule is CC1CCCC(CNc2nc(Cl)ncc2N)C1. The van der Waals surface area contributed by atoms with Crippen LogP contribution in [0.5, 0.6) is 0 Å². The Morgan fingerprint density at radius 2 is 2.35 bits per heavy atom. The molecule has 1 saturated carbocycles. The maximum atomic E-state index is 5.79. The molecule has 0 saturated heterocycles. The van der Waals surface area contributed by atoms with Crippen molar-refractivity contribution in [2.75, 3.05) is 17.6 Å². The molecule has 94 valence electrons. The molecule has 3 N–H and O–H groups in total. The molecule has 2 unspecified atom stereocenters. The Balaban J connectivity index is 1.90. The van der Waals surface area contributed by atoms with Crippen LogP contribution in [0, 0.1) is 11.8 Å². The molecule has 4 nitrogen and oxygen atoms in total. The van der Waals surface area contributed by atoms with Gasteiger partial charge in [0.15, 0.2) is 5.82 Å². The van der Waals surface area contributed by atoms with Gasteiger partial charge in [-0.25, -0.2) is 4.98 Å². The molecule has 0 aromatic carbocycles. The maximum absolute atomic E-state index is 5.79. The highest BCUT2D eigenvalue weighted by Crippen LogP contribution is 2.29. The van der Waals surface area contributed by atoms with Crippen molar-refractivity contribution in [3.8, 4) is 0 Å². The number of nitrogens with one attached hydrogen (secondary N) is 1. The number of hydrogen-bond donors (Lipinski definition) is 2. The zero-order valence-electron chi connectivity index (χ0n) is 10.1. The lowest BCUT2D eigenvalue weighted by Crippen LogP contribution is -2.21. The minimum atomic E-state index is 0.235. The van der Waals surface area contributed by atoms with E-state index in [2.05, 4.69) is 22.2 Å². The molecule has 1 aromatic heterocycles. The van der Waals surface area contributed by atoms with Crippen molar-refractivity contribution in [1.29, 1.82) is 0 Å². The van der Waals surface area contributed by atoms with Crippen LogP contribution in [0.4, 0.5) is 11.5 Å². The number of anilines is 2. The lowest BCUT2D eigenvalue weighted by atomic mass is 9.82. The third-order valence-corrected chi connectivity index (χ3v) is 3.57. The van der Waals surface area contributed by atoms with Gasteiger partial charge in [-0.05, 0) is 36.3 Å². The summed E-state index contributed by atoms with van der Waals surface area (Å²) >= 11 is 5.74. The first kappa shape index (κ1) is 12.4. The maximum Gasteiger partial charge on any atom is 0.224 e. The Labute approximate surface area is 107 Å². The van der Waals surface area contributed by atoms with E-state index in [4.69, 9.17) is 17.3 Å². The Bertz CT molecular complexity index is 383. The number of nitrogens with zero attached hydrogens (tertiary/aromatic N) is 2. The van der Waals surface area contributed by atoms with Crippen molar-refractivity contribution < 1.29 is 0 Å². The van der Waals surface area contributed by atoms with Gasteiger partial charge in [0.05, 0.1) is 11.9 Å². The molecule has 0 radical (unpaired) electrons. The summed E-state index contributed by atoms with van der Waals surface area (Å²) in [5, 5.41) is 3.52. The molecule has 5 heteroatoms. The monoisotopic (exact) mass is 254 g/mol. The lowest BCUT2D eigenvalue weighted by molar-refractivity contribution is 0.293. The summed E-state index contributed by atoms with van der Waals surface area (Å²) in [7, 11) is 0. The molecule has 0 spiro atoms. The van der Waals surface area contributed by atoms with Gasteiger partial charge >= 0.3 is 0 Å². The fraction of sp³-hybridized carbons (Fsp3) is 0.667. The van der Waals surface area contributed by atoms with Crippen molar-refractivity contribution in [1.82, 2.24) is 9.97 Å². The standard InChI is InChI=1S/C12H19ClN4/c1-8-3-2-4-9(5-8)6-15-11-10(14)7-16-12(13)17-11/h7-9H,2-6,14H2,1H3,(H,15,16,17). The number of nitrogens with two attached hydrogens (primary N) is 1. The van der Waals surface area contributed by atoms with Crippen LogP contribution in [0.3, 0.4) is 0 Å². The van der Waals surface area contributed by atoms with Gasteiger partial charge in [0.2, 0.25) is 5.28 Å². The number of rotatable bonds is 3. The number of hydrogen-bond acceptors (Lipinski definition) is 4. The first-order valence-electron chi connectivity index (χ1n) is 6.17. The predicted octanol–water partition coefficient (Wildman–Crippen LogP) is 2.95. The molecule has 1 fully saturated rings. The van der Waals surface area contributed by atoms with Gasteiger partial charge in [-0.3, -0.25) is 0 Å². The molecule has 2 atom stereocenters. The summed E-state index contributed by atoms with van der Waals surface area (Å²) in [6, 6.07) is 0. The van der Waals surface area contributed by atoms with Crippen LogP contribution in [-0.2, 0) is 0 Å². The summed E-state index contributed by atoms with van der Waals surface area (Å²) in [5.74, 6) is 2.21. The van der Waals surface area contributed by atoms with Gasteiger partial charge in [0.25, 0.3) is 0 Å². The van der Waals surface area contributed by atoms with E-state index < -0.39 is 0 Å². The highest BCUT2D eigenvalue weighted by molar-refractivity contribution is 6.28. The molecule has 0 amide bonds. The van der Waals surface area contributed by atoms with Gasteiger partial charge in [-0.2, -0.15) is 4.98 Å². The average Bonchev–Trinajstić information content (AvgIpc) is 2.30. The van der Waals surface area contributed by atoms with Crippen molar-refractivity contribution in [3.63, 3.8) is 0 Å². The normalized spacial score (nSPS) is 24.6. The Morgan fingerprint density at radius 1 is 1.53 bits per heavy atom. The van der Waals surface area contributed by atoms with Crippen molar-refractivity contribution in [2.24, 2.45) is 11.8 Å². The topological polar surface area (TPSA) is 63.8 Å².